The molecule has 1 aromatic heterocycles. The number of anilines is 3. The molecular weight excluding hydrogens is 414 g/mol. The minimum Gasteiger partial charge on any atom is -0.354 e. The van der Waals surface area contributed by atoms with Crippen molar-refractivity contribution in [2.45, 2.75) is 60.8 Å². The van der Waals surface area contributed by atoms with Crippen molar-refractivity contribution in [3.8, 4) is 0 Å². The molecule has 0 saturated heterocycles. The monoisotopic (exact) mass is 465 g/mol. The molecule has 192 valence electrons. The van der Waals surface area contributed by atoms with E-state index in [9.17, 15) is 0 Å². The molecule has 0 aliphatic heterocycles. The van der Waals surface area contributed by atoms with Crippen molar-refractivity contribution >= 4 is 17.8 Å². The molecule has 0 unspecified atom stereocenters. The van der Waals surface area contributed by atoms with Crippen molar-refractivity contribution in [3.63, 3.8) is 0 Å². The van der Waals surface area contributed by atoms with Crippen LogP contribution in [0.15, 0.2) is 0 Å². The highest BCUT2D eigenvalue weighted by Crippen LogP contribution is 2.10. The number of rotatable bonds is 21. The van der Waals surface area contributed by atoms with E-state index in [0.717, 1.165) is 97.8 Å². The Kier molecular flexibility index (Phi) is 16.6. The van der Waals surface area contributed by atoms with Crippen molar-refractivity contribution in [1.29, 1.82) is 0 Å². The van der Waals surface area contributed by atoms with E-state index in [4.69, 9.17) is 0 Å². The van der Waals surface area contributed by atoms with Gasteiger partial charge in [-0.15, -0.1) is 0 Å². The van der Waals surface area contributed by atoms with E-state index in [1.54, 1.807) is 0 Å². The fourth-order valence-corrected chi connectivity index (χ4v) is 3.74. The molecule has 0 atom stereocenters. The first-order valence-corrected chi connectivity index (χ1v) is 13.2. The van der Waals surface area contributed by atoms with Gasteiger partial charge in [-0.05, 0) is 78.2 Å². The van der Waals surface area contributed by atoms with E-state index < -0.39 is 0 Å². The number of nitrogens with zero attached hydrogens (tertiary/aromatic N) is 6. The fraction of sp³-hybridized carbons (Fsp3) is 0.875. The highest BCUT2D eigenvalue weighted by Gasteiger charge is 2.08. The van der Waals surface area contributed by atoms with Crippen LogP contribution >= 0.6 is 0 Å². The summed E-state index contributed by atoms with van der Waals surface area (Å²) in [6.45, 7) is 25.6. The lowest BCUT2D eigenvalue weighted by atomic mass is 10.3. The zero-order valence-electron chi connectivity index (χ0n) is 22.3. The lowest BCUT2D eigenvalue weighted by molar-refractivity contribution is 0.302. The molecule has 0 spiro atoms. The molecule has 9 nitrogen and oxygen atoms in total. The third-order valence-corrected chi connectivity index (χ3v) is 6.12. The predicted molar refractivity (Wildman–Crippen MR) is 143 cm³/mol. The van der Waals surface area contributed by atoms with Gasteiger partial charge in [0, 0.05) is 19.6 Å². The van der Waals surface area contributed by atoms with Crippen LogP contribution in [0, 0.1) is 0 Å². The van der Waals surface area contributed by atoms with E-state index in [1.165, 1.54) is 0 Å². The molecule has 0 amide bonds. The van der Waals surface area contributed by atoms with E-state index in [-0.39, 0.29) is 0 Å². The Bertz CT molecular complexity index is 494. The summed E-state index contributed by atoms with van der Waals surface area (Å²) in [7, 11) is 0. The Morgan fingerprint density at radius 2 is 0.697 bits per heavy atom. The Balaban J connectivity index is 2.64. The van der Waals surface area contributed by atoms with E-state index >= 15 is 0 Å². The van der Waals surface area contributed by atoms with Gasteiger partial charge in [-0.25, -0.2) is 0 Å². The highest BCUT2D eigenvalue weighted by atomic mass is 15.3. The van der Waals surface area contributed by atoms with Crippen LogP contribution in [0.4, 0.5) is 17.8 Å². The number of aromatic nitrogens is 3. The molecule has 1 aromatic rings. The molecule has 0 aliphatic rings. The molecule has 1 rings (SSSR count). The molecule has 0 bridgehead atoms. The smallest absolute Gasteiger partial charge is 0.229 e. The standard InChI is InChI=1S/C24H51N9/c1-7-31(8-2)19-13-16-25-22-28-23(26-17-14-20-32(9-3)10-4)30-24(29-22)27-18-15-21-33(11-5)12-6/h7-21H2,1-6H3,(H3,25,26,27,28,29,30). The van der Waals surface area contributed by atoms with Gasteiger partial charge in [0.1, 0.15) is 0 Å². The summed E-state index contributed by atoms with van der Waals surface area (Å²) in [5.41, 5.74) is 0. The highest BCUT2D eigenvalue weighted by molar-refractivity contribution is 5.42. The van der Waals surface area contributed by atoms with Crippen LogP contribution in [-0.4, -0.2) is 108 Å². The summed E-state index contributed by atoms with van der Waals surface area (Å²) in [5.74, 6) is 1.92. The Morgan fingerprint density at radius 1 is 0.455 bits per heavy atom. The van der Waals surface area contributed by atoms with E-state index in [2.05, 4.69) is 87.1 Å². The van der Waals surface area contributed by atoms with Crippen molar-refractivity contribution in [3.05, 3.63) is 0 Å². The molecule has 0 aromatic carbocycles. The average molecular weight is 466 g/mol. The van der Waals surface area contributed by atoms with Gasteiger partial charge in [-0.3, -0.25) is 0 Å². The third kappa shape index (κ3) is 12.9. The summed E-state index contributed by atoms with van der Waals surface area (Å²) in [6, 6.07) is 0. The molecule has 0 radical (unpaired) electrons. The molecule has 33 heavy (non-hydrogen) atoms. The zero-order valence-corrected chi connectivity index (χ0v) is 22.3. The molecule has 9 heteroatoms. The van der Waals surface area contributed by atoms with Crippen LogP contribution in [0.3, 0.4) is 0 Å². The van der Waals surface area contributed by atoms with Crippen LogP contribution in [0.5, 0.6) is 0 Å². The van der Waals surface area contributed by atoms with Gasteiger partial charge in [0.2, 0.25) is 17.8 Å². The first kappa shape index (κ1) is 29.3. The minimum absolute atomic E-state index is 0.641. The second-order valence-electron chi connectivity index (χ2n) is 8.23. The number of hydrogen-bond acceptors (Lipinski definition) is 9. The maximum atomic E-state index is 4.61. The number of hydrogen-bond donors (Lipinski definition) is 3. The van der Waals surface area contributed by atoms with Crippen molar-refractivity contribution in [2.75, 3.05) is 94.5 Å². The lowest BCUT2D eigenvalue weighted by Crippen LogP contribution is -2.26. The Labute approximate surface area is 203 Å². The number of nitrogens with one attached hydrogen (secondary N) is 3. The molecular formula is C24H51N9. The summed E-state index contributed by atoms with van der Waals surface area (Å²) in [4.78, 5) is 21.1. The SMILES string of the molecule is CCN(CC)CCCNc1nc(NCCCN(CC)CC)nc(NCCCN(CC)CC)n1. The van der Waals surface area contributed by atoms with Crippen LogP contribution in [0.1, 0.15) is 60.8 Å². The quantitative estimate of drug-likeness (QED) is 0.237. The average Bonchev–Trinajstić information content (AvgIpc) is 2.84. The van der Waals surface area contributed by atoms with Gasteiger partial charge in [0.25, 0.3) is 0 Å². The van der Waals surface area contributed by atoms with Crippen LogP contribution in [0.25, 0.3) is 0 Å². The summed E-state index contributed by atoms with van der Waals surface area (Å²) < 4.78 is 0. The molecule has 0 saturated carbocycles. The summed E-state index contributed by atoms with van der Waals surface area (Å²) in [5, 5.41) is 10.2. The topological polar surface area (TPSA) is 84.5 Å². The van der Waals surface area contributed by atoms with E-state index in [0.29, 0.717) is 17.8 Å². The fourth-order valence-electron chi connectivity index (χ4n) is 3.74. The lowest BCUT2D eigenvalue weighted by Gasteiger charge is -2.19. The van der Waals surface area contributed by atoms with Crippen LogP contribution < -0.4 is 16.0 Å². The largest absolute Gasteiger partial charge is 0.354 e. The van der Waals surface area contributed by atoms with Gasteiger partial charge in [0.05, 0.1) is 0 Å². The zero-order chi connectivity index (χ0) is 24.3. The van der Waals surface area contributed by atoms with Crippen LogP contribution in [0.2, 0.25) is 0 Å². The molecule has 0 fully saturated rings. The maximum absolute atomic E-state index is 4.61. The molecule has 0 aliphatic carbocycles. The van der Waals surface area contributed by atoms with Gasteiger partial charge < -0.3 is 30.7 Å². The van der Waals surface area contributed by atoms with Gasteiger partial charge in [-0.1, -0.05) is 41.5 Å². The van der Waals surface area contributed by atoms with Gasteiger partial charge in [-0.2, -0.15) is 15.0 Å². The normalized spacial score (nSPS) is 11.5. The van der Waals surface area contributed by atoms with Crippen molar-refractivity contribution in [1.82, 2.24) is 29.7 Å². The van der Waals surface area contributed by atoms with Crippen molar-refractivity contribution < 1.29 is 0 Å². The second-order valence-corrected chi connectivity index (χ2v) is 8.23. The van der Waals surface area contributed by atoms with E-state index in [1.807, 2.05) is 0 Å². The van der Waals surface area contributed by atoms with Gasteiger partial charge >= 0.3 is 0 Å². The molecule has 1 heterocycles. The van der Waals surface area contributed by atoms with Gasteiger partial charge in [0.15, 0.2) is 0 Å². The minimum atomic E-state index is 0.641. The summed E-state index contributed by atoms with van der Waals surface area (Å²) in [6.07, 6.45) is 3.19. The first-order valence-electron chi connectivity index (χ1n) is 13.2. The second kappa shape index (κ2) is 18.7. The molecule has 3 N–H and O–H groups in total. The summed E-state index contributed by atoms with van der Waals surface area (Å²) >= 11 is 0. The van der Waals surface area contributed by atoms with Crippen LogP contribution in [-0.2, 0) is 0 Å². The first-order chi connectivity index (χ1) is 16.1. The van der Waals surface area contributed by atoms with Crippen molar-refractivity contribution in [2.24, 2.45) is 0 Å². The Hall–Kier alpha value is -1.71. The third-order valence-electron chi connectivity index (χ3n) is 6.12. The maximum Gasteiger partial charge on any atom is 0.229 e. The Morgan fingerprint density at radius 3 is 0.909 bits per heavy atom. The predicted octanol–water partition coefficient (Wildman–Crippen LogP) is 3.30.